The van der Waals surface area contributed by atoms with Crippen molar-refractivity contribution in [1.82, 2.24) is 14.6 Å². The van der Waals surface area contributed by atoms with Crippen LogP contribution in [0.3, 0.4) is 0 Å². The fraction of sp³-hybridized carbons (Fsp3) is 0.429. The van der Waals surface area contributed by atoms with E-state index in [0.717, 1.165) is 24.0 Å². The number of benzene rings is 1. The van der Waals surface area contributed by atoms with E-state index in [2.05, 4.69) is 10.3 Å². The van der Waals surface area contributed by atoms with Crippen LogP contribution in [0, 0.1) is 13.8 Å². The van der Waals surface area contributed by atoms with Crippen LogP contribution in [0.5, 0.6) is 0 Å². The smallest absolute Gasteiger partial charge is 0.251 e. The van der Waals surface area contributed by atoms with Gasteiger partial charge in [0.2, 0.25) is 10.0 Å². The first-order chi connectivity index (χ1) is 13.4. The summed E-state index contributed by atoms with van der Waals surface area (Å²) in [5.41, 5.74) is 2.41. The molecule has 2 bridgehead atoms. The summed E-state index contributed by atoms with van der Waals surface area (Å²) >= 11 is 0. The van der Waals surface area contributed by atoms with E-state index in [0.29, 0.717) is 23.3 Å². The Morgan fingerprint density at radius 3 is 2.32 bits per heavy atom. The lowest BCUT2D eigenvalue weighted by atomic mass is 9.99. The molecule has 7 heteroatoms. The molecule has 1 unspecified atom stereocenters. The second-order valence-electron chi connectivity index (χ2n) is 7.87. The lowest BCUT2D eigenvalue weighted by molar-refractivity contribution is 0.0909. The van der Waals surface area contributed by atoms with Gasteiger partial charge in [0.15, 0.2) is 0 Å². The summed E-state index contributed by atoms with van der Waals surface area (Å²) in [6.07, 6.45) is 6.18. The predicted molar refractivity (Wildman–Crippen MR) is 106 cm³/mol. The van der Waals surface area contributed by atoms with E-state index in [9.17, 15) is 13.2 Å². The number of aryl methyl sites for hydroxylation is 2. The number of pyridine rings is 1. The molecular weight excluding hydrogens is 374 g/mol. The van der Waals surface area contributed by atoms with Crippen LogP contribution in [0.25, 0.3) is 0 Å². The van der Waals surface area contributed by atoms with E-state index in [1.807, 2.05) is 26.0 Å². The first-order valence-corrected chi connectivity index (χ1v) is 11.1. The topological polar surface area (TPSA) is 79.4 Å². The van der Waals surface area contributed by atoms with Crippen molar-refractivity contribution in [2.45, 2.75) is 62.6 Å². The molecule has 4 rings (SSSR count). The van der Waals surface area contributed by atoms with Crippen LogP contribution in [0.15, 0.2) is 47.6 Å². The van der Waals surface area contributed by atoms with E-state index < -0.39 is 10.0 Å². The summed E-state index contributed by atoms with van der Waals surface area (Å²) in [4.78, 5) is 16.8. The number of sulfonamides is 1. The van der Waals surface area contributed by atoms with Gasteiger partial charge >= 0.3 is 0 Å². The number of nitrogens with zero attached hydrogens (tertiary/aromatic N) is 2. The van der Waals surface area contributed by atoms with E-state index in [-0.39, 0.29) is 24.0 Å². The fourth-order valence-electron chi connectivity index (χ4n) is 4.62. The Morgan fingerprint density at radius 2 is 1.71 bits per heavy atom. The van der Waals surface area contributed by atoms with Gasteiger partial charge < -0.3 is 5.32 Å². The largest absolute Gasteiger partial charge is 0.349 e. The Morgan fingerprint density at radius 1 is 1.07 bits per heavy atom. The second kappa shape index (κ2) is 7.29. The molecule has 1 aromatic carbocycles. The van der Waals surface area contributed by atoms with Crippen molar-refractivity contribution in [2.24, 2.45) is 0 Å². The normalized spacial score (nSPS) is 24.9. The molecule has 3 heterocycles. The molecular formula is C21H25N3O3S. The van der Waals surface area contributed by atoms with E-state index in [4.69, 9.17) is 0 Å². The lowest BCUT2D eigenvalue weighted by Gasteiger charge is -2.38. The predicted octanol–water partition coefficient (Wildman–Crippen LogP) is 2.81. The highest BCUT2D eigenvalue weighted by molar-refractivity contribution is 7.89. The second-order valence-corrected chi connectivity index (χ2v) is 9.68. The van der Waals surface area contributed by atoms with Crippen LogP contribution in [-0.4, -0.2) is 41.7 Å². The Labute approximate surface area is 166 Å². The van der Waals surface area contributed by atoms with Gasteiger partial charge in [-0.1, -0.05) is 17.7 Å². The monoisotopic (exact) mass is 399 g/mol. The number of rotatable bonds is 4. The Hall–Kier alpha value is -2.25. The van der Waals surface area contributed by atoms with Gasteiger partial charge in [-0.25, -0.2) is 8.42 Å². The highest BCUT2D eigenvalue weighted by Crippen LogP contribution is 2.40. The van der Waals surface area contributed by atoms with Crippen LogP contribution in [0.1, 0.15) is 47.2 Å². The summed E-state index contributed by atoms with van der Waals surface area (Å²) in [5, 5.41) is 3.08. The molecule has 1 N–H and O–H groups in total. The molecule has 148 valence electrons. The zero-order chi connectivity index (χ0) is 19.9. The molecule has 2 saturated heterocycles. The van der Waals surface area contributed by atoms with Crippen molar-refractivity contribution in [1.29, 1.82) is 0 Å². The molecule has 0 spiro atoms. The maximum absolute atomic E-state index is 13.4. The summed E-state index contributed by atoms with van der Waals surface area (Å²) < 4.78 is 28.4. The highest BCUT2D eigenvalue weighted by atomic mass is 32.2. The van der Waals surface area contributed by atoms with E-state index in [1.54, 1.807) is 34.9 Å². The number of nitrogens with one attached hydrogen (secondary N) is 1. The number of aromatic nitrogens is 1. The Bertz CT molecular complexity index is 977. The van der Waals surface area contributed by atoms with Crippen molar-refractivity contribution in [2.75, 3.05) is 0 Å². The molecule has 2 aliphatic heterocycles. The SMILES string of the molecule is Cc1ccc(S(=O)(=O)N2[C@@H]3CC[C@H]2CC(NC(=O)c2ccncc2)C3)c(C)c1. The number of carbonyl (C=O) groups excluding carboxylic acids is 1. The van der Waals surface area contributed by atoms with Gasteiger partial charge in [0.25, 0.3) is 5.91 Å². The van der Waals surface area contributed by atoms with Gasteiger partial charge in [0.05, 0.1) is 4.90 Å². The number of amides is 1. The summed E-state index contributed by atoms with van der Waals surface area (Å²) in [6.45, 7) is 3.81. The number of carbonyl (C=O) groups is 1. The van der Waals surface area contributed by atoms with Crippen LogP contribution in [-0.2, 0) is 10.0 Å². The van der Waals surface area contributed by atoms with Gasteiger partial charge in [-0.05, 0) is 63.3 Å². The zero-order valence-electron chi connectivity index (χ0n) is 16.1. The maximum Gasteiger partial charge on any atom is 0.251 e. The van der Waals surface area contributed by atoms with E-state index >= 15 is 0 Å². The minimum absolute atomic E-state index is 0.0104. The summed E-state index contributed by atoms with van der Waals surface area (Å²) in [6, 6.07) is 8.72. The quantitative estimate of drug-likeness (QED) is 0.857. The third-order valence-corrected chi connectivity index (χ3v) is 7.99. The van der Waals surface area contributed by atoms with Crippen LogP contribution >= 0.6 is 0 Å². The van der Waals surface area contributed by atoms with Gasteiger partial charge in [-0.15, -0.1) is 0 Å². The number of hydrogen-bond acceptors (Lipinski definition) is 4. The van der Waals surface area contributed by atoms with Crippen molar-refractivity contribution >= 4 is 15.9 Å². The fourth-order valence-corrected chi connectivity index (χ4v) is 6.72. The summed E-state index contributed by atoms with van der Waals surface area (Å²) in [5.74, 6) is -0.127. The minimum Gasteiger partial charge on any atom is -0.349 e. The lowest BCUT2D eigenvalue weighted by Crippen LogP contribution is -2.52. The van der Waals surface area contributed by atoms with Gasteiger partial charge in [-0.2, -0.15) is 4.31 Å². The van der Waals surface area contributed by atoms with Crippen LogP contribution < -0.4 is 5.32 Å². The van der Waals surface area contributed by atoms with Gasteiger partial charge in [0.1, 0.15) is 0 Å². The average Bonchev–Trinajstić information content (AvgIpc) is 2.94. The zero-order valence-corrected chi connectivity index (χ0v) is 16.9. The molecule has 2 fully saturated rings. The molecule has 6 nitrogen and oxygen atoms in total. The highest BCUT2D eigenvalue weighted by Gasteiger charge is 2.47. The Balaban J connectivity index is 1.52. The Kier molecular flexibility index (Phi) is 4.97. The average molecular weight is 400 g/mol. The number of piperidine rings is 1. The van der Waals surface area contributed by atoms with Gasteiger partial charge in [0, 0.05) is 36.1 Å². The standard InChI is InChI=1S/C21H25N3O3S/c1-14-3-6-20(15(2)11-14)28(26,27)24-18-4-5-19(24)13-17(12-18)23-21(25)16-7-9-22-10-8-16/h3,6-11,17-19H,4-5,12-13H2,1-2H3,(H,23,25)/t17?,18-,19+. The molecule has 0 radical (unpaired) electrons. The van der Waals surface area contributed by atoms with Gasteiger partial charge in [-0.3, -0.25) is 9.78 Å². The molecule has 1 amide bonds. The van der Waals surface area contributed by atoms with Crippen molar-refractivity contribution in [3.63, 3.8) is 0 Å². The molecule has 1 aromatic heterocycles. The van der Waals surface area contributed by atoms with Crippen molar-refractivity contribution in [3.05, 3.63) is 59.4 Å². The molecule has 0 saturated carbocycles. The molecule has 2 aromatic rings. The first kappa shape index (κ1) is 19.1. The third-order valence-electron chi connectivity index (χ3n) is 5.83. The molecule has 2 aliphatic rings. The van der Waals surface area contributed by atoms with Crippen molar-refractivity contribution in [3.8, 4) is 0 Å². The molecule has 28 heavy (non-hydrogen) atoms. The van der Waals surface area contributed by atoms with Crippen molar-refractivity contribution < 1.29 is 13.2 Å². The number of fused-ring (bicyclic) bond motifs is 2. The maximum atomic E-state index is 13.4. The van der Waals surface area contributed by atoms with Crippen LogP contribution in [0.4, 0.5) is 0 Å². The van der Waals surface area contributed by atoms with E-state index in [1.165, 1.54) is 0 Å². The van der Waals surface area contributed by atoms with Crippen LogP contribution in [0.2, 0.25) is 0 Å². The number of hydrogen-bond donors (Lipinski definition) is 1. The minimum atomic E-state index is -3.54. The summed E-state index contributed by atoms with van der Waals surface area (Å²) in [7, 11) is -3.54. The molecule has 3 atom stereocenters. The first-order valence-electron chi connectivity index (χ1n) is 9.68. The third kappa shape index (κ3) is 3.44. The molecule has 0 aliphatic carbocycles.